The van der Waals surface area contributed by atoms with Crippen molar-refractivity contribution in [2.45, 2.75) is 32.5 Å². The number of hydrogen-bond donors (Lipinski definition) is 2. The smallest absolute Gasteiger partial charge is 0.0681 e. The molecule has 1 unspecified atom stereocenters. The minimum atomic E-state index is 0.113. The lowest BCUT2D eigenvalue weighted by Crippen LogP contribution is -2.27. The average Bonchev–Trinajstić information content (AvgIpc) is 2.90. The van der Waals surface area contributed by atoms with Crippen LogP contribution in [0.4, 0.5) is 0 Å². The van der Waals surface area contributed by atoms with E-state index in [4.69, 9.17) is 5.11 Å². The van der Waals surface area contributed by atoms with Gasteiger partial charge in [0.15, 0.2) is 0 Å². The van der Waals surface area contributed by atoms with E-state index in [9.17, 15) is 0 Å². The summed E-state index contributed by atoms with van der Waals surface area (Å²) in [6.45, 7) is 3.19. The SMILES string of the molecule is CC(Cc1ccsc1)NCc1ccc(CO)cc1. The number of thiophene rings is 1. The van der Waals surface area contributed by atoms with Gasteiger partial charge in [-0.1, -0.05) is 24.3 Å². The van der Waals surface area contributed by atoms with Crippen LogP contribution in [0, 0.1) is 0 Å². The summed E-state index contributed by atoms with van der Waals surface area (Å²) in [5.41, 5.74) is 3.62. The van der Waals surface area contributed by atoms with Crippen molar-refractivity contribution >= 4 is 11.3 Å². The molecule has 2 N–H and O–H groups in total. The van der Waals surface area contributed by atoms with Crippen LogP contribution >= 0.6 is 11.3 Å². The van der Waals surface area contributed by atoms with Gasteiger partial charge in [0.25, 0.3) is 0 Å². The third-order valence-electron chi connectivity index (χ3n) is 2.98. The summed E-state index contributed by atoms with van der Waals surface area (Å²) >= 11 is 1.75. The fourth-order valence-electron chi connectivity index (χ4n) is 1.89. The van der Waals surface area contributed by atoms with Crippen LogP contribution in [0.3, 0.4) is 0 Å². The summed E-state index contributed by atoms with van der Waals surface area (Å²) in [7, 11) is 0. The third-order valence-corrected chi connectivity index (χ3v) is 3.71. The van der Waals surface area contributed by atoms with Crippen molar-refractivity contribution in [1.29, 1.82) is 0 Å². The zero-order valence-electron chi connectivity index (χ0n) is 10.6. The highest BCUT2D eigenvalue weighted by Crippen LogP contribution is 2.09. The van der Waals surface area contributed by atoms with Gasteiger partial charge in [0.1, 0.15) is 0 Å². The maximum atomic E-state index is 8.98. The lowest BCUT2D eigenvalue weighted by atomic mass is 10.1. The van der Waals surface area contributed by atoms with Crippen LogP contribution in [0.15, 0.2) is 41.1 Å². The second kappa shape index (κ2) is 6.69. The number of nitrogens with one attached hydrogen (secondary N) is 1. The molecule has 1 atom stereocenters. The van der Waals surface area contributed by atoms with E-state index < -0.39 is 0 Å². The molecule has 0 radical (unpaired) electrons. The van der Waals surface area contributed by atoms with Gasteiger partial charge in [-0.15, -0.1) is 0 Å². The Labute approximate surface area is 112 Å². The molecule has 0 saturated heterocycles. The fourth-order valence-corrected chi connectivity index (χ4v) is 2.57. The van der Waals surface area contributed by atoms with E-state index in [1.54, 1.807) is 11.3 Å². The van der Waals surface area contributed by atoms with Gasteiger partial charge in [-0.2, -0.15) is 11.3 Å². The van der Waals surface area contributed by atoms with E-state index in [1.807, 2.05) is 12.1 Å². The molecule has 0 aliphatic heterocycles. The Balaban J connectivity index is 1.79. The van der Waals surface area contributed by atoms with Gasteiger partial charge in [-0.05, 0) is 46.9 Å². The van der Waals surface area contributed by atoms with Crippen LogP contribution in [0.5, 0.6) is 0 Å². The number of aliphatic hydroxyl groups excluding tert-OH is 1. The Morgan fingerprint density at radius 2 is 1.83 bits per heavy atom. The lowest BCUT2D eigenvalue weighted by molar-refractivity contribution is 0.282. The molecule has 1 aromatic heterocycles. The quantitative estimate of drug-likeness (QED) is 0.838. The molecule has 0 saturated carbocycles. The fraction of sp³-hybridized carbons (Fsp3) is 0.333. The van der Waals surface area contributed by atoms with Crippen molar-refractivity contribution in [3.05, 3.63) is 57.8 Å². The lowest BCUT2D eigenvalue weighted by Gasteiger charge is -2.13. The second-order valence-electron chi connectivity index (χ2n) is 4.59. The summed E-state index contributed by atoms with van der Waals surface area (Å²) in [6.07, 6.45) is 1.07. The van der Waals surface area contributed by atoms with Gasteiger partial charge in [0.2, 0.25) is 0 Å². The van der Waals surface area contributed by atoms with Gasteiger partial charge >= 0.3 is 0 Å². The Hall–Kier alpha value is -1.16. The molecule has 2 aromatic rings. The van der Waals surface area contributed by atoms with Crippen LogP contribution in [0.25, 0.3) is 0 Å². The van der Waals surface area contributed by atoms with Gasteiger partial charge in [-0.3, -0.25) is 0 Å². The van der Waals surface area contributed by atoms with Gasteiger partial charge in [0.05, 0.1) is 6.61 Å². The summed E-state index contributed by atoms with van der Waals surface area (Å²) in [5.74, 6) is 0. The van der Waals surface area contributed by atoms with E-state index in [2.05, 4.69) is 41.2 Å². The molecule has 1 aromatic carbocycles. The van der Waals surface area contributed by atoms with Crippen LogP contribution in [0.2, 0.25) is 0 Å². The Morgan fingerprint density at radius 3 is 2.44 bits per heavy atom. The van der Waals surface area contributed by atoms with Crippen molar-refractivity contribution in [1.82, 2.24) is 5.32 Å². The second-order valence-corrected chi connectivity index (χ2v) is 5.37. The molecule has 2 rings (SSSR count). The molecule has 0 fully saturated rings. The zero-order chi connectivity index (χ0) is 12.8. The molecular formula is C15H19NOS. The first-order valence-electron chi connectivity index (χ1n) is 6.21. The average molecular weight is 261 g/mol. The Kier molecular flexibility index (Phi) is 4.93. The molecular weight excluding hydrogens is 242 g/mol. The van der Waals surface area contributed by atoms with E-state index in [1.165, 1.54) is 11.1 Å². The topological polar surface area (TPSA) is 32.3 Å². The van der Waals surface area contributed by atoms with E-state index in [0.29, 0.717) is 6.04 Å². The number of benzene rings is 1. The maximum absolute atomic E-state index is 8.98. The molecule has 0 bridgehead atoms. The number of rotatable bonds is 6. The van der Waals surface area contributed by atoms with Gasteiger partial charge in [-0.25, -0.2) is 0 Å². The van der Waals surface area contributed by atoms with Gasteiger partial charge < -0.3 is 10.4 Å². The molecule has 0 spiro atoms. The predicted molar refractivity (Wildman–Crippen MR) is 76.7 cm³/mol. The van der Waals surface area contributed by atoms with Crippen LogP contribution in [-0.2, 0) is 19.6 Å². The largest absolute Gasteiger partial charge is 0.392 e. The summed E-state index contributed by atoms with van der Waals surface area (Å²) < 4.78 is 0. The predicted octanol–water partition coefficient (Wildman–Crippen LogP) is 2.96. The van der Waals surface area contributed by atoms with E-state index in [-0.39, 0.29) is 6.61 Å². The minimum Gasteiger partial charge on any atom is -0.392 e. The molecule has 0 amide bonds. The molecule has 3 heteroatoms. The highest BCUT2D eigenvalue weighted by Gasteiger charge is 2.03. The Bertz CT molecular complexity index is 450. The third kappa shape index (κ3) is 3.95. The van der Waals surface area contributed by atoms with Crippen LogP contribution < -0.4 is 5.32 Å². The first kappa shape index (κ1) is 13.3. The summed E-state index contributed by atoms with van der Waals surface area (Å²) in [4.78, 5) is 0. The van der Waals surface area contributed by atoms with Crippen molar-refractivity contribution in [2.75, 3.05) is 0 Å². The zero-order valence-corrected chi connectivity index (χ0v) is 11.4. The monoisotopic (exact) mass is 261 g/mol. The normalized spacial score (nSPS) is 12.6. The van der Waals surface area contributed by atoms with Crippen molar-refractivity contribution in [2.24, 2.45) is 0 Å². The molecule has 18 heavy (non-hydrogen) atoms. The number of aliphatic hydroxyl groups is 1. The highest BCUT2D eigenvalue weighted by atomic mass is 32.1. The van der Waals surface area contributed by atoms with Gasteiger partial charge in [0, 0.05) is 12.6 Å². The molecule has 0 aliphatic carbocycles. The van der Waals surface area contributed by atoms with Crippen molar-refractivity contribution in [3.63, 3.8) is 0 Å². The van der Waals surface area contributed by atoms with E-state index in [0.717, 1.165) is 18.5 Å². The first-order valence-corrected chi connectivity index (χ1v) is 7.15. The standard InChI is InChI=1S/C15H19NOS/c1-12(8-15-6-7-18-11-15)16-9-13-2-4-14(10-17)5-3-13/h2-7,11-12,16-17H,8-10H2,1H3. The number of hydrogen-bond acceptors (Lipinski definition) is 3. The summed E-state index contributed by atoms with van der Waals surface area (Å²) in [5, 5.41) is 16.8. The van der Waals surface area contributed by atoms with Crippen molar-refractivity contribution < 1.29 is 5.11 Å². The highest BCUT2D eigenvalue weighted by molar-refractivity contribution is 7.07. The molecule has 0 aliphatic rings. The first-order chi connectivity index (χ1) is 8.78. The van der Waals surface area contributed by atoms with Crippen LogP contribution in [-0.4, -0.2) is 11.1 Å². The van der Waals surface area contributed by atoms with Crippen molar-refractivity contribution in [3.8, 4) is 0 Å². The minimum absolute atomic E-state index is 0.113. The molecule has 96 valence electrons. The molecule has 1 heterocycles. The van der Waals surface area contributed by atoms with Crippen LogP contribution in [0.1, 0.15) is 23.6 Å². The molecule has 2 nitrogen and oxygen atoms in total. The Morgan fingerprint density at radius 1 is 1.11 bits per heavy atom. The summed E-state index contributed by atoms with van der Waals surface area (Å²) in [6, 6.07) is 10.7. The van der Waals surface area contributed by atoms with E-state index >= 15 is 0 Å². The maximum Gasteiger partial charge on any atom is 0.0681 e.